The molecule has 2 heterocycles. The molecule has 2 aromatic carbocycles. The van der Waals surface area contributed by atoms with Gasteiger partial charge in [-0.05, 0) is 61.2 Å². The summed E-state index contributed by atoms with van der Waals surface area (Å²) in [4.78, 5) is 14.7. The second kappa shape index (κ2) is 6.96. The number of nitrogens with zero attached hydrogens (tertiary/aromatic N) is 3. The van der Waals surface area contributed by atoms with Crippen LogP contribution in [0.15, 0.2) is 60.7 Å². The van der Waals surface area contributed by atoms with Gasteiger partial charge in [0.25, 0.3) is 5.91 Å². The van der Waals surface area contributed by atoms with Crippen molar-refractivity contribution in [3.63, 3.8) is 0 Å². The Bertz CT molecular complexity index is 937. The number of carbonyl (C=O) groups is 1. The smallest absolute Gasteiger partial charge is 0.278 e. The Hall–Kier alpha value is -3.21. The number of hydrogen-bond acceptors (Lipinski definition) is 4. The van der Waals surface area contributed by atoms with Crippen molar-refractivity contribution in [1.29, 1.82) is 0 Å². The molecule has 130 valence electrons. The van der Waals surface area contributed by atoms with Crippen molar-refractivity contribution in [3.05, 3.63) is 77.5 Å². The minimum Gasteiger partial charge on any atom is -0.339 e. The van der Waals surface area contributed by atoms with E-state index in [1.807, 2.05) is 49.4 Å². The molecule has 1 aliphatic rings. The number of hydrogen-bond donors (Lipinski definition) is 1. The van der Waals surface area contributed by atoms with Gasteiger partial charge in [-0.1, -0.05) is 30.3 Å². The molecule has 0 aliphatic carbocycles. The van der Waals surface area contributed by atoms with E-state index in [1.165, 1.54) is 11.1 Å². The summed E-state index contributed by atoms with van der Waals surface area (Å²) in [6.45, 7) is 2.75. The number of benzene rings is 2. The molecule has 0 bridgehead atoms. The Morgan fingerprint density at radius 2 is 1.92 bits per heavy atom. The van der Waals surface area contributed by atoms with E-state index in [4.69, 9.17) is 0 Å². The van der Waals surface area contributed by atoms with E-state index in [1.54, 1.807) is 17.0 Å². The van der Waals surface area contributed by atoms with Crippen LogP contribution < -0.4 is 10.2 Å². The van der Waals surface area contributed by atoms with Gasteiger partial charge in [-0.3, -0.25) is 4.79 Å². The molecule has 26 heavy (non-hydrogen) atoms. The lowest BCUT2D eigenvalue weighted by molar-refractivity contribution is 0.0979. The molecule has 1 amide bonds. The first-order valence-corrected chi connectivity index (χ1v) is 8.78. The molecular weight excluding hydrogens is 324 g/mol. The zero-order chi connectivity index (χ0) is 17.9. The number of anilines is 3. The third kappa shape index (κ3) is 3.28. The van der Waals surface area contributed by atoms with E-state index in [2.05, 4.69) is 21.6 Å². The molecule has 0 saturated heterocycles. The second-order valence-electron chi connectivity index (χ2n) is 6.49. The van der Waals surface area contributed by atoms with E-state index in [0.717, 1.165) is 24.2 Å². The fourth-order valence-electron chi connectivity index (χ4n) is 3.27. The van der Waals surface area contributed by atoms with Gasteiger partial charge in [-0.25, -0.2) is 0 Å². The Morgan fingerprint density at radius 3 is 2.73 bits per heavy atom. The van der Waals surface area contributed by atoms with Crippen molar-refractivity contribution in [2.45, 2.75) is 19.8 Å². The summed E-state index contributed by atoms with van der Waals surface area (Å²) >= 11 is 0. The third-order valence-corrected chi connectivity index (χ3v) is 4.53. The SMILES string of the molecule is Cc1cccc(Nc2ccc(C(=O)N3CCCc4ccccc43)nn2)c1. The van der Waals surface area contributed by atoms with Gasteiger partial charge in [0.2, 0.25) is 0 Å². The molecule has 0 radical (unpaired) electrons. The zero-order valence-corrected chi connectivity index (χ0v) is 14.6. The number of fused-ring (bicyclic) bond motifs is 1. The minimum absolute atomic E-state index is 0.105. The van der Waals surface area contributed by atoms with Crippen LogP contribution in [0.3, 0.4) is 0 Å². The molecule has 1 aromatic heterocycles. The van der Waals surface area contributed by atoms with Gasteiger partial charge < -0.3 is 10.2 Å². The van der Waals surface area contributed by atoms with Crippen LogP contribution in [-0.2, 0) is 6.42 Å². The van der Waals surface area contributed by atoms with Crippen molar-refractivity contribution >= 4 is 23.1 Å². The summed E-state index contributed by atoms with van der Waals surface area (Å²) in [5.74, 6) is 0.512. The highest BCUT2D eigenvalue weighted by Crippen LogP contribution is 2.27. The maximum absolute atomic E-state index is 12.9. The molecule has 1 aliphatic heterocycles. The molecule has 0 saturated carbocycles. The number of carbonyl (C=O) groups excluding carboxylic acids is 1. The van der Waals surface area contributed by atoms with Gasteiger partial charge in [-0.2, -0.15) is 0 Å². The van der Waals surface area contributed by atoms with Crippen LogP contribution in [-0.4, -0.2) is 22.6 Å². The zero-order valence-electron chi connectivity index (χ0n) is 14.6. The average molecular weight is 344 g/mol. The summed E-state index contributed by atoms with van der Waals surface area (Å²) in [6, 6.07) is 19.6. The summed E-state index contributed by atoms with van der Waals surface area (Å²) in [5.41, 5.74) is 4.66. The highest BCUT2D eigenvalue weighted by molar-refractivity contribution is 6.05. The molecule has 5 heteroatoms. The summed E-state index contributed by atoms with van der Waals surface area (Å²) < 4.78 is 0. The number of aromatic nitrogens is 2. The molecule has 1 N–H and O–H groups in total. The fraction of sp³-hybridized carbons (Fsp3) is 0.190. The summed E-state index contributed by atoms with van der Waals surface area (Å²) in [7, 11) is 0. The van der Waals surface area contributed by atoms with Crippen molar-refractivity contribution in [2.75, 3.05) is 16.8 Å². The molecule has 5 nitrogen and oxygen atoms in total. The van der Waals surface area contributed by atoms with Gasteiger partial charge in [0, 0.05) is 17.9 Å². The van der Waals surface area contributed by atoms with E-state index in [-0.39, 0.29) is 5.91 Å². The van der Waals surface area contributed by atoms with Gasteiger partial charge in [0.05, 0.1) is 0 Å². The fourth-order valence-corrected chi connectivity index (χ4v) is 3.27. The van der Waals surface area contributed by atoms with Crippen LogP contribution in [0.4, 0.5) is 17.2 Å². The van der Waals surface area contributed by atoms with Crippen LogP contribution in [0.25, 0.3) is 0 Å². The lowest BCUT2D eigenvalue weighted by Gasteiger charge is -2.29. The van der Waals surface area contributed by atoms with E-state index in [0.29, 0.717) is 18.1 Å². The summed E-state index contributed by atoms with van der Waals surface area (Å²) in [5, 5.41) is 11.5. The Balaban J connectivity index is 1.53. The summed E-state index contributed by atoms with van der Waals surface area (Å²) in [6.07, 6.45) is 1.97. The molecule has 3 aromatic rings. The monoisotopic (exact) mass is 344 g/mol. The van der Waals surface area contributed by atoms with Crippen molar-refractivity contribution in [3.8, 4) is 0 Å². The topological polar surface area (TPSA) is 58.1 Å². The largest absolute Gasteiger partial charge is 0.339 e. The maximum atomic E-state index is 12.9. The first kappa shape index (κ1) is 16.3. The lowest BCUT2D eigenvalue weighted by Crippen LogP contribution is -2.36. The standard InChI is InChI=1S/C21H20N4O/c1-15-6-4-9-17(14-15)22-20-12-11-18(23-24-20)21(26)25-13-5-8-16-7-2-3-10-19(16)25/h2-4,6-7,9-12,14H,5,8,13H2,1H3,(H,22,24). The van der Waals surface area contributed by atoms with E-state index >= 15 is 0 Å². The highest BCUT2D eigenvalue weighted by Gasteiger charge is 2.24. The quantitative estimate of drug-likeness (QED) is 0.776. The maximum Gasteiger partial charge on any atom is 0.278 e. The minimum atomic E-state index is -0.105. The molecule has 0 unspecified atom stereocenters. The lowest BCUT2D eigenvalue weighted by atomic mass is 10.0. The van der Waals surface area contributed by atoms with Crippen molar-refractivity contribution < 1.29 is 4.79 Å². The average Bonchev–Trinajstić information content (AvgIpc) is 2.68. The van der Waals surface area contributed by atoms with Crippen molar-refractivity contribution in [2.24, 2.45) is 0 Å². The predicted octanol–water partition coefficient (Wildman–Crippen LogP) is 4.12. The number of amides is 1. The highest BCUT2D eigenvalue weighted by atomic mass is 16.2. The predicted molar refractivity (Wildman–Crippen MR) is 103 cm³/mol. The first-order valence-electron chi connectivity index (χ1n) is 8.78. The van der Waals surface area contributed by atoms with Crippen LogP contribution in [0, 0.1) is 6.92 Å². The molecule has 0 spiro atoms. The first-order chi connectivity index (χ1) is 12.7. The number of nitrogens with one attached hydrogen (secondary N) is 1. The third-order valence-electron chi connectivity index (χ3n) is 4.53. The van der Waals surface area contributed by atoms with Crippen LogP contribution in [0.5, 0.6) is 0 Å². The van der Waals surface area contributed by atoms with Gasteiger partial charge in [0.1, 0.15) is 0 Å². The molecular formula is C21H20N4O. The van der Waals surface area contributed by atoms with Gasteiger partial charge >= 0.3 is 0 Å². The molecule has 0 fully saturated rings. The normalized spacial score (nSPS) is 13.2. The second-order valence-corrected chi connectivity index (χ2v) is 6.49. The van der Waals surface area contributed by atoms with Gasteiger partial charge in [-0.15, -0.1) is 10.2 Å². The number of aryl methyl sites for hydroxylation is 2. The van der Waals surface area contributed by atoms with Crippen molar-refractivity contribution in [1.82, 2.24) is 10.2 Å². The van der Waals surface area contributed by atoms with Gasteiger partial charge in [0.15, 0.2) is 11.5 Å². The van der Waals surface area contributed by atoms with Crippen LogP contribution >= 0.6 is 0 Å². The molecule has 4 rings (SSSR count). The number of rotatable bonds is 3. The van der Waals surface area contributed by atoms with Crippen LogP contribution in [0.2, 0.25) is 0 Å². The Morgan fingerprint density at radius 1 is 1.04 bits per heavy atom. The Kier molecular flexibility index (Phi) is 4.35. The van der Waals surface area contributed by atoms with E-state index < -0.39 is 0 Å². The molecule has 0 atom stereocenters. The van der Waals surface area contributed by atoms with E-state index in [9.17, 15) is 4.79 Å². The van der Waals surface area contributed by atoms with Crippen LogP contribution in [0.1, 0.15) is 28.0 Å². The Labute approximate surface area is 152 Å². The number of para-hydroxylation sites is 1.